The van der Waals surface area contributed by atoms with Gasteiger partial charge >= 0.3 is 0 Å². The second-order valence-electron chi connectivity index (χ2n) is 5.73. The van der Waals surface area contributed by atoms with E-state index in [4.69, 9.17) is 5.73 Å². The molecule has 0 amide bonds. The quantitative estimate of drug-likeness (QED) is 0.803. The first-order valence-electron chi connectivity index (χ1n) is 7.46. The van der Waals surface area contributed by atoms with Gasteiger partial charge in [0, 0.05) is 18.5 Å². The molecule has 3 aromatic rings. The standard InChI is InChI=1S/C16H19N5/c1-3-20-15-14(10(2)19-20)18-16(17)21(15)13-9-12(13)11-7-5-4-6-8-11/h4-8,12-13H,3,9H2,1-2H3,(H2,17,18). The largest absolute Gasteiger partial charge is 0.369 e. The summed E-state index contributed by atoms with van der Waals surface area (Å²) in [5, 5.41) is 4.56. The zero-order chi connectivity index (χ0) is 14.6. The molecule has 1 fully saturated rings. The van der Waals surface area contributed by atoms with Gasteiger partial charge in [-0.3, -0.25) is 4.57 Å². The molecule has 0 aliphatic heterocycles. The number of anilines is 1. The average molecular weight is 281 g/mol. The van der Waals surface area contributed by atoms with E-state index >= 15 is 0 Å². The second kappa shape index (κ2) is 4.35. The SMILES string of the molecule is CCn1nc(C)c2nc(N)n(C3CC3c3ccccc3)c21. The highest BCUT2D eigenvalue weighted by Crippen LogP contribution is 2.53. The molecule has 1 aromatic carbocycles. The van der Waals surface area contributed by atoms with E-state index in [-0.39, 0.29) is 0 Å². The van der Waals surface area contributed by atoms with Crippen molar-refractivity contribution in [3.8, 4) is 0 Å². The van der Waals surface area contributed by atoms with Crippen molar-refractivity contribution in [2.45, 2.75) is 38.8 Å². The van der Waals surface area contributed by atoms with Crippen molar-refractivity contribution in [1.82, 2.24) is 19.3 Å². The van der Waals surface area contributed by atoms with Crippen LogP contribution in [0, 0.1) is 6.92 Å². The van der Waals surface area contributed by atoms with E-state index in [0.29, 0.717) is 17.9 Å². The summed E-state index contributed by atoms with van der Waals surface area (Å²) in [6.45, 7) is 4.92. The Morgan fingerprint density at radius 2 is 2.05 bits per heavy atom. The third-order valence-corrected chi connectivity index (χ3v) is 4.39. The average Bonchev–Trinajstić information content (AvgIpc) is 3.13. The molecule has 4 rings (SSSR count). The number of aromatic nitrogens is 4. The van der Waals surface area contributed by atoms with Gasteiger partial charge in [0.1, 0.15) is 5.52 Å². The van der Waals surface area contributed by atoms with Gasteiger partial charge < -0.3 is 5.73 Å². The van der Waals surface area contributed by atoms with Gasteiger partial charge in [0.2, 0.25) is 5.95 Å². The number of nitrogens with zero attached hydrogens (tertiary/aromatic N) is 4. The maximum absolute atomic E-state index is 6.18. The fourth-order valence-electron chi connectivity index (χ4n) is 3.28. The molecule has 1 aliphatic carbocycles. The van der Waals surface area contributed by atoms with Crippen LogP contribution in [0.1, 0.15) is 36.6 Å². The van der Waals surface area contributed by atoms with Crippen molar-refractivity contribution in [3.63, 3.8) is 0 Å². The Morgan fingerprint density at radius 1 is 1.29 bits per heavy atom. The lowest BCUT2D eigenvalue weighted by Gasteiger charge is -2.08. The summed E-state index contributed by atoms with van der Waals surface area (Å²) in [7, 11) is 0. The molecule has 2 N–H and O–H groups in total. The van der Waals surface area contributed by atoms with Gasteiger partial charge in [0.05, 0.1) is 5.69 Å². The Hall–Kier alpha value is -2.30. The summed E-state index contributed by atoms with van der Waals surface area (Å²) in [5.74, 6) is 1.14. The van der Waals surface area contributed by atoms with E-state index in [9.17, 15) is 0 Å². The molecular weight excluding hydrogens is 262 g/mol. The zero-order valence-electron chi connectivity index (χ0n) is 12.3. The highest BCUT2D eigenvalue weighted by molar-refractivity contribution is 5.78. The minimum atomic E-state index is 0.402. The van der Waals surface area contributed by atoms with Crippen molar-refractivity contribution in [2.24, 2.45) is 0 Å². The molecular formula is C16H19N5. The Labute approximate surface area is 123 Å². The normalized spacial score (nSPS) is 21.0. The van der Waals surface area contributed by atoms with Crippen molar-refractivity contribution in [1.29, 1.82) is 0 Å². The molecule has 0 bridgehead atoms. The minimum absolute atomic E-state index is 0.402. The number of fused-ring (bicyclic) bond motifs is 1. The topological polar surface area (TPSA) is 61.7 Å². The minimum Gasteiger partial charge on any atom is -0.369 e. The van der Waals surface area contributed by atoms with E-state index in [2.05, 4.69) is 51.9 Å². The van der Waals surface area contributed by atoms with E-state index in [1.807, 2.05) is 11.6 Å². The number of nitrogens with two attached hydrogens (primary N) is 1. The monoisotopic (exact) mass is 281 g/mol. The van der Waals surface area contributed by atoms with Crippen LogP contribution >= 0.6 is 0 Å². The first-order chi connectivity index (χ1) is 10.2. The van der Waals surface area contributed by atoms with Gasteiger partial charge in [0.15, 0.2) is 5.65 Å². The number of hydrogen-bond acceptors (Lipinski definition) is 3. The molecule has 1 aliphatic rings. The first kappa shape index (κ1) is 12.4. The molecule has 2 aromatic heterocycles. The van der Waals surface area contributed by atoms with Crippen LogP contribution < -0.4 is 5.73 Å². The van der Waals surface area contributed by atoms with Gasteiger partial charge in [-0.2, -0.15) is 5.10 Å². The van der Waals surface area contributed by atoms with Crippen LogP contribution in [0.4, 0.5) is 5.95 Å². The number of aryl methyl sites for hydroxylation is 2. The maximum Gasteiger partial charge on any atom is 0.202 e. The summed E-state index contributed by atoms with van der Waals surface area (Å²) in [6.07, 6.45) is 1.12. The maximum atomic E-state index is 6.18. The fraction of sp³-hybridized carbons (Fsp3) is 0.375. The molecule has 2 unspecified atom stereocenters. The van der Waals surface area contributed by atoms with Gasteiger partial charge in [0.25, 0.3) is 0 Å². The lowest BCUT2D eigenvalue weighted by molar-refractivity contribution is 0.634. The molecule has 5 heteroatoms. The third kappa shape index (κ3) is 1.77. The van der Waals surface area contributed by atoms with Crippen molar-refractivity contribution in [2.75, 3.05) is 5.73 Å². The Balaban J connectivity index is 1.80. The lowest BCUT2D eigenvalue weighted by Crippen LogP contribution is -2.07. The molecule has 0 spiro atoms. The van der Waals surface area contributed by atoms with E-state index in [0.717, 1.165) is 29.8 Å². The molecule has 2 heterocycles. The Morgan fingerprint density at radius 3 is 2.76 bits per heavy atom. The van der Waals surface area contributed by atoms with Gasteiger partial charge in [-0.25, -0.2) is 9.67 Å². The van der Waals surface area contributed by atoms with Crippen LogP contribution in [-0.2, 0) is 6.54 Å². The summed E-state index contributed by atoms with van der Waals surface area (Å²) in [4.78, 5) is 4.53. The second-order valence-corrected chi connectivity index (χ2v) is 5.73. The highest BCUT2D eigenvalue weighted by atomic mass is 15.4. The molecule has 0 radical (unpaired) electrons. The van der Waals surface area contributed by atoms with E-state index in [1.54, 1.807) is 0 Å². The summed E-state index contributed by atoms with van der Waals surface area (Å²) in [5.41, 5.74) is 10.5. The fourth-order valence-corrected chi connectivity index (χ4v) is 3.28. The Kier molecular flexibility index (Phi) is 2.58. The third-order valence-electron chi connectivity index (χ3n) is 4.39. The van der Waals surface area contributed by atoms with E-state index < -0.39 is 0 Å². The van der Waals surface area contributed by atoms with Crippen LogP contribution in [-0.4, -0.2) is 19.3 Å². The lowest BCUT2D eigenvalue weighted by atomic mass is 10.1. The summed E-state index contributed by atoms with van der Waals surface area (Å²) in [6, 6.07) is 11.0. The van der Waals surface area contributed by atoms with Gasteiger partial charge in [-0.1, -0.05) is 30.3 Å². The predicted molar refractivity (Wildman–Crippen MR) is 83.2 cm³/mol. The van der Waals surface area contributed by atoms with Crippen LogP contribution in [0.25, 0.3) is 11.2 Å². The smallest absolute Gasteiger partial charge is 0.202 e. The summed E-state index contributed by atoms with van der Waals surface area (Å²) < 4.78 is 4.19. The summed E-state index contributed by atoms with van der Waals surface area (Å²) >= 11 is 0. The number of hydrogen-bond donors (Lipinski definition) is 1. The van der Waals surface area contributed by atoms with Crippen LogP contribution in [0.5, 0.6) is 0 Å². The van der Waals surface area contributed by atoms with E-state index in [1.165, 1.54) is 5.56 Å². The van der Waals surface area contributed by atoms with Crippen molar-refractivity contribution in [3.05, 3.63) is 41.6 Å². The van der Waals surface area contributed by atoms with Crippen molar-refractivity contribution >= 4 is 17.1 Å². The predicted octanol–water partition coefficient (Wildman–Crippen LogP) is 2.87. The highest BCUT2D eigenvalue weighted by Gasteiger charge is 2.42. The Bertz CT molecular complexity index is 799. The first-order valence-corrected chi connectivity index (χ1v) is 7.46. The van der Waals surface area contributed by atoms with Gasteiger partial charge in [-0.05, 0) is 25.8 Å². The molecule has 0 saturated heterocycles. The number of imidazole rings is 1. The molecule has 5 nitrogen and oxygen atoms in total. The molecule has 2 atom stereocenters. The molecule has 1 saturated carbocycles. The number of nitrogen functional groups attached to an aromatic ring is 1. The number of rotatable bonds is 3. The van der Waals surface area contributed by atoms with Crippen molar-refractivity contribution < 1.29 is 0 Å². The molecule has 108 valence electrons. The number of benzene rings is 1. The van der Waals surface area contributed by atoms with Crippen LogP contribution in [0.3, 0.4) is 0 Å². The van der Waals surface area contributed by atoms with Crippen LogP contribution in [0.15, 0.2) is 30.3 Å². The molecule has 21 heavy (non-hydrogen) atoms. The van der Waals surface area contributed by atoms with Crippen LogP contribution in [0.2, 0.25) is 0 Å². The van der Waals surface area contributed by atoms with Gasteiger partial charge in [-0.15, -0.1) is 0 Å². The zero-order valence-corrected chi connectivity index (χ0v) is 12.3.